The summed E-state index contributed by atoms with van der Waals surface area (Å²) >= 11 is 4.68. The average Bonchev–Trinajstić information content (AvgIpc) is 2.32. The Labute approximate surface area is 117 Å². The van der Waals surface area contributed by atoms with Gasteiger partial charge in [0.15, 0.2) is 0 Å². The van der Waals surface area contributed by atoms with E-state index < -0.39 is 0 Å². The molecule has 0 bridgehead atoms. The van der Waals surface area contributed by atoms with E-state index in [1.54, 1.807) is 18.2 Å². The molecular formula is C13H10BrF2NS. The lowest BCUT2D eigenvalue weighted by Gasteiger charge is -2.06. The molecule has 0 heterocycles. The number of halogens is 3. The van der Waals surface area contributed by atoms with E-state index >= 15 is 0 Å². The van der Waals surface area contributed by atoms with Crippen molar-refractivity contribution in [2.45, 2.75) is 10.6 Å². The molecule has 0 amide bonds. The number of nitrogen functional groups attached to an aromatic ring is 1. The van der Waals surface area contributed by atoms with Gasteiger partial charge in [-0.2, -0.15) is 0 Å². The first-order valence-corrected chi connectivity index (χ1v) is 6.96. The van der Waals surface area contributed by atoms with Crippen molar-refractivity contribution in [2.75, 3.05) is 5.73 Å². The molecule has 0 unspecified atom stereocenters. The van der Waals surface area contributed by atoms with Gasteiger partial charge in [-0.1, -0.05) is 15.9 Å². The molecule has 1 nitrogen and oxygen atoms in total. The Bertz CT molecular complexity index is 575. The Hall–Kier alpha value is -1.07. The second-order valence-electron chi connectivity index (χ2n) is 3.71. The van der Waals surface area contributed by atoms with Gasteiger partial charge in [-0.3, -0.25) is 0 Å². The first-order valence-electron chi connectivity index (χ1n) is 5.18. The van der Waals surface area contributed by atoms with E-state index in [0.717, 1.165) is 9.37 Å². The number of anilines is 1. The van der Waals surface area contributed by atoms with E-state index in [4.69, 9.17) is 5.73 Å². The predicted octanol–water partition coefficient (Wildman–Crippen LogP) is 4.60. The van der Waals surface area contributed by atoms with E-state index in [9.17, 15) is 8.78 Å². The number of rotatable bonds is 3. The molecule has 0 saturated heterocycles. The summed E-state index contributed by atoms with van der Waals surface area (Å²) in [7, 11) is 0. The highest BCUT2D eigenvalue weighted by Gasteiger charge is 2.06. The number of hydrogen-bond acceptors (Lipinski definition) is 2. The minimum Gasteiger partial charge on any atom is -0.398 e. The minimum absolute atomic E-state index is 0.258. The number of thioether (sulfide) groups is 1. The van der Waals surface area contributed by atoms with Crippen LogP contribution in [-0.4, -0.2) is 0 Å². The lowest BCUT2D eigenvalue weighted by molar-refractivity contribution is 0.617. The summed E-state index contributed by atoms with van der Waals surface area (Å²) in [5.74, 6) is -0.182. The molecule has 0 aromatic heterocycles. The maximum absolute atomic E-state index is 13.5. The molecule has 0 saturated carbocycles. The number of benzene rings is 2. The van der Waals surface area contributed by atoms with E-state index in [0.29, 0.717) is 17.0 Å². The van der Waals surface area contributed by atoms with Crippen molar-refractivity contribution in [2.24, 2.45) is 0 Å². The predicted molar refractivity (Wildman–Crippen MR) is 74.5 cm³/mol. The SMILES string of the molecule is Nc1cc(F)ccc1SCc1cc(Br)ccc1F. The molecule has 0 spiro atoms. The van der Waals surface area contributed by atoms with Crippen molar-refractivity contribution < 1.29 is 8.78 Å². The largest absolute Gasteiger partial charge is 0.398 e. The molecule has 94 valence electrons. The highest BCUT2D eigenvalue weighted by Crippen LogP contribution is 2.30. The Morgan fingerprint density at radius 1 is 1.11 bits per heavy atom. The molecule has 0 fully saturated rings. The maximum Gasteiger partial charge on any atom is 0.127 e. The van der Waals surface area contributed by atoms with Crippen LogP contribution < -0.4 is 5.73 Å². The third-order valence-electron chi connectivity index (χ3n) is 2.36. The van der Waals surface area contributed by atoms with Crippen molar-refractivity contribution in [1.29, 1.82) is 0 Å². The van der Waals surface area contributed by atoms with Gasteiger partial charge < -0.3 is 5.73 Å². The summed E-state index contributed by atoms with van der Waals surface area (Å²) in [5, 5.41) is 0. The van der Waals surface area contributed by atoms with Gasteiger partial charge in [0.25, 0.3) is 0 Å². The number of nitrogens with two attached hydrogens (primary N) is 1. The molecule has 2 rings (SSSR count). The minimum atomic E-state index is -0.370. The molecule has 0 aliphatic carbocycles. The van der Waals surface area contributed by atoms with Crippen LogP contribution in [0.3, 0.4) is 0 Å². The van der Waals surface area contributed by atoms with Gasteiger partial charge in [0, 0.05) is 20.8 Å². The van der Waals surface area contributed by atoms with Crippen molar-refractivity contribution in [1.82, 2.24) is 0 Å². The van der Waals surface area contributed by atoms with E-state index in [2.05, 4.69) is 15.9 Å². The summed E-state index contributed by atoms with van der Waals surface area (Å²) in [4.78, 5) is 0.746. The van der Waals surface area contributed by atoms with Crippen molar-refractivity contribution >= 4 is 33.4 Å². The van der Waals surface area contributed by atoms with Crippen molar-refractivity contribution in [3.8, 4) is 0 Å². The Kier molecular flexibility index (Phi) is 4.24. The van der Waals surface area contributed by atoms with Gasteiger partial charge in [0.05, 0.1) is 0 Å². The van der Waals surface area contributed by atoms with E-state index in [1.807, 2.05) is 0 Å². The lowest BCUT2D eigenvalue weighted by Crippen LogP contribution is -1.92. The van der Waals surface area contributed by atoms with Crippen LogP contribution in [0.15, 0.2) is 45.8 Å². The Balaban J connectivity index is 2.13. The van der Waals surface area contributed by atoms with Crippen LogP contribution in [0.4, 0.5) is 14.5 Å². The van der Waals surface area contributed by atoms with Crippen LogP contribution in [0, 0.1) is 11.6 Å². The molecule has 2 N–H and O–H groups in total. The Morgan fingerprint density at radius 3 is 2.61 bits per heavy atom. The molecule has 0 atom stereocenters. The summed E-state index contributed by atoms with van der Waals surface area (Å²) in [5.41, 5.74) is 6.64. The summed E-state index contributed by atoms with van der Waals surface area (Å²) < 4.78 is 27.2. The monoisotopic (exact) mass is 329 g/mol. The summed E-state index contributed by atoms with van der Waals surface area (Å²) in [6, 6.07) is 8.99. The highest BCUT2D eigenvalue weighted by molar-refractivity contribution is 9.10. The summed E-state index contributed by atoms with van der Waals surface area (Å²) in [6.45, 7) is 0. The van der Waals surface area contributed by atoms with E-state index in [1.165, 1.54) is 30.0 Å². The molecule has 5 heteroatoms. The average molecular weight is 330 g/mol. The molecule has 2 aromatic carbocycles. The van der Waals surface area contributed by atoms with Crippen LogP contribution in [0.1, 0.15) is 5.56 Å². The second kappa shape index (κ2) is 5.71. The standard InChI is InChI=1S/C13H10BrF2NS/c14-9-1-3-11(16)8(5-9)7-18-13-4-2-10(15)6-12(13)17/h1-6H,7,17H2. The zero-order chi connectivity index (χ0) is 13.1. The first kappa shape index (κ1) is 13.4. The second-order valence-corrected chi connectivity index (χ2v) is 5.64. The summed E-state index contributed by atoms with van der Waals surface area (Å²) in [6.07, 6.45) is 0. The van der Waals surface area contributed by atoms with Crippen LogP contribution >= 0.6 is 27.7 Å². The number of hydrogen-bond donors (Lipinski definition) is 1. The van der Waals surface area contributed by atoms with Crippen LogP contribution in [0.25, 0.3) is 0 Å². The molecular weight excluding hydrogens is 320 g/mol. The fourth-order valence-electron chi connectivity index (χ4n) is 1.46. The van der Waals surface area contributed by atoms with Gasteiger partial charge in [-0.25, -0.2) is 8.78 Å². The van der Waals surface area contributed by atoms with Gasteiger partial charge in [-0.05, 0) is 42.0 Å². The van der Waals surface area contributed by atoms with Crippen LogP contribution in [0.2, 0.25) is 0 Å². The normalized spacial score (nSPS) is 10.6. The van der Waals surface area contributed by atoms with Gasteiger partial charge in [-0.15, -0.1) is 11.8 Å². The third kappa shape index (κ3) is 3.23. The van der Waals surface area contributed by atoms with Gasteiger partial charge in [0.1, 0.15) is 11.6 Å². The molecule has 0 aliphatic rings. The topological polar surface area (TPSA) is 26.0 Å². The quantitative estimate of drug-likeness (QED) is 0.657. The van der Waals surface area contributed by atoms with E-state index in [-0.39, 0.29) is 11.6 Å². The third-order valence-corrected chi connectivity index (χ3v) is 3.99. The van der Waals surface area contributed by atoms with Gasteiger partial charge in [0.2, 0.25) is 0 Å². The maximum atomic E-state index is 13.5. The van der Waals surface area contributed by atoms with Crippen LogP contribution in [-0.2, 0) is 5.75 Å². The zero-order valence-electron chi connectivity index (χ0n) is 9.29. The fourth-order valence-corrected chi connectivity index (χ4v) is 2.79. The van der Waals surface area contributed by atoms with Crippen molar-refractivity contribution in [3.63, 3.8) is 0 Å². The molecule has 18 heavy (non-hydrogen) atoms. The molecule has 0 radical (unpaired) electrons. The highest BCUT2D eigenvalue weighted by atomic mass is 79.9. The van der Waals surface area contributed by atoms with Crippen LogP contribution in [0.5, 0.6) is 0 Å². The Morgan fingerprint density at radius 2 is 1.89 bits per heavy atom. The zero-order valence-corrected chi connectivity index (χ0v) is 11.7. The van der Waals surface area contributed by atoms with Gasteiger partial charge >= 0.3 is 0 Å². The first-order chi connectivity index (χ1) is 8.56. The smallest absolute Gasteiger partial charge is 0.127 e. The fraction of sp³-hybridized carbons (Fsp3) is 0.0769. The lowest BCUT2D eigenvalue weighted by atomic mass is 10.2. The van der Waals surface area contributed by atoms with Crippen molar-refractivity contribution in [3.05, 3.63) is 58.1 Å². The molecule has 2 aromatic rings. The molecule has 0 aliphatic heterocycles.